The summed E-state index contributed by atoms with van der Waals surface area (Å²) in [6.07, 6.45) is 5.50. The van der Waals surface area contributed by atoms with E-state index in [1.807, 2.05) is 6.07 Å². The summed E-state index contributed by atoms with van der Waals surface area (Å²) in [4.78, 5) is 1.02. The van der Waals surface area contributed by atoms with Crippen molar-refractivity contribution in [2.45, 2.75) is 36.3 Å². The molecular weight excluding hydrogens is 268 g/mol. The Morgan fingerprint density at radius 1 is 1.39 bits per heavy atom. The van der Waals surface area contributed by atoms with Crippen LogP contribution in [-0.2, 0) is 16.4 Å². The molecular formula is C12H20N2O2S2. The Kier molecular flexibility index (Phi) is 4.77. The van der Waals surface area contributed by atoms with Crippen molar-refractivity contribution in [3.05, 3.63) is 17.0 Å². The van der Waals surface area contributed by atoms with Crippen LogP contribution in [0.1, 0.15) is 30.6 Å². The molecule has 1 aromatic rings. The van der Waals surface area contributed by atoms with Crippen molar-refractivity contribution in [1.82, 2.24) is 4.72 Å². The normalized spacial score (nSPS) is 16.7. The molecule has 0 unspecified atom stereocenters. The molecule has 0 saturated heterocycles. The molecule has 0 aromatic carbocycles. The summed E-state index contributed by atoms with van der Waals surface area (Å²) in [5.74, 6) is 0.726. The molecule has 0 amide bonds. The lowest BCUT2D eigenvalue weighted by atomic mass is 9.83. The zero-order valence-electron chi connectivity index (χ0n) is 10.4. The van der Waals surface area contributed by atoms with Crippen LogP contribution in [-0.4, -0.2) is 21.5 Å². The number of rotatable bonds is 7. The maximum atomic E-state index is 12.0. The Bertz CT molecular complexity index is 478. The molecule has 2 rings (SSSR count). The van der Waals surface area contributed by atoms with Crippen LogP contribution in [0, 0.1) is 5.92 Å². The lowest BCUT2D eigenvalue weighted by molar-refractivity contribution is 0.297. The van der Waals surface area contributed by atoms with E-state index in [9.17, 15) is 8.42 Å². The Hall–Kier alpha value is -0.430. The van der Waals surface area contributed by atoms with Crippen molar-refractivity contribution in [2.75, 3.05) is 13.1 Å². The second-order valence-electron chi connectivity index (χ2n) is 4.74. The first-order valence-corrected chi connectivity index (χ1v) is 8.70. The monoisotopic (exact) mass is 288 g/mol. The summed E-state index contributed by atoms with van der Waals surface area (Å²) < 4.78 is 27.1. The van der Waals surface area contributed by atoms with Gasteiger partial charge in [-0.2, -0.15) is 0 Å². The van der Waals surface area contributed by atoms with Crippen LogP contribution in [0.2, 0.25) is 0 Å². The molecule has 4 nitrogen and oxygen atoms in total. The first-order chi connectivity index (χ1) is 8.62. The number of hydrogen-bond donors (Lipinski definition) is 2. The summed E-state index contributed by atoms with van der Waals surface area (Å²) in [6.45, 7) is 1.10. The second-order valence-corrected chi connectivity index (χ2v) is 7.90. The summed E-state index contributed by atoms with van der Waals surface area (Å²) in [7, 11) is -3.31. The van der Waals surface area contributed by atoms with Crippen molar-refractivity contribution in [3.8, 4) is 0 Å². The van der Waals surface area contributed by atoms with Gasteiger partial charge in [-0.1, -0.05) is 19.3 Å². The predicted molar refractivity (Wildman–Crippen MR) is 74.2 cm³/mol. The summed E-state index contributed by atoms with van der Waals surface area (Å²) in [5, 5.41) is 0. The predicted octanol–water partition coefficient (Wildman–Crippen LogP) is 1.72. The number of thiophene rings is 1. The van der Waals surface area contributed by atoms with E-state index in [4.69, 9.17) is 5.73 Å². The molecule has 1 aliphatic carbocycles. The molecule has 0 aliphatic heterocycles. The van der Waals surface area contributed by atoms with Crippen LogP contribution in [0.25, 0.3) is 0 Å². The standard InChI is InChI=1S/C12H20N2O2S2/c13-8-6-11-4-5-12(17-11)18(15,16)14-9-7-10-2-1-3-10/h4-5,10,14H,1-3,6-9,13H2. The van der Waals surface area contributed by atoms with Gasteiger partial charge in [-0.3, -0.25) is 0 Å². The van der Waals surface area contributed by atoms with E-state index in [-0.39, 0.29) is 0 Å². The number of hydrogen-bond acceptors (Lipinski definition) is 4. The third-order valence-electron chi connectivity index (χ3n) is 3.36. The highest BCUT2D eigenvalue weighted by molar-refractivity contribution is 7.91. The fourth-order valence-electron chi connectivity index (χ4n) is 2.03. The van der Waals surface area contributed by atoms with Gasteiger partial charge in [0.1, 0.15) is 4.21 Å². The molecule has 1 aromatic heterocycles. The summed E-state index contributed by atoms with van der Waals surface area (Å²) >= 11 is 1.31. The van der Waals surface area contributed by atoms with Crippen LogP contribution in [0.5, 0.6) is 0 Å². The molecule has 0 bridgehead atoms. The average molecular weight is 288 g/mol. The first-order valence-electron chi connectivity index (χ1n) is 6.40. The minimum absolute atomic E-state index is 0.402. The smallest absolute Gasteiger partial charge is 0.250 e. The highest BCUT2D eigenvalue weighted by atomic mass is 32.2. The third-order valence-corrected chi connectivity index (χ3v) is 6.46. The molecule has 6 heteroatoms. The van der Waals surface area contributed by atoms with E-state index in [1.165, 1.54) is 30.6 Å². The zero-order chi connectivity index (χ0) is 13.0. The molecule has 1 saturated carbocycles. The van der Waals surface area contributed by atoms with Crippen molar-refractivity contribution in [2.24, 2.45) is 11.7 Å². The molecule has 0 atom stereocenters. The van der Waals surface area contributed by atoms with Gasteiger partial charge in [-0.15, -0.1) is 11.3 Å². The molecule has 1 aliphatic rings. The van der Waals surface area contributed by atoms with Gasteiger partial charge in [0.2, 0.25) is 10.0 Å². The van der Waals surface area contributed by atoms with Gasteiger partial charge in [0.25, 0.3) is 0 Å². The van der Waals surface area contributed by atoms with Gasteiger partial charge in [-0.25, -0.2) is 13.1 Å². The molecule has 18 heavy (non-hydrogen) atoms. The van der Waals surface area contributed by atoms with Crippen LogP contribution >= 0.6 is 11.3 Å². The second kappa shape index (κ2) is 6.14. The Labute approximate surface area is 113 Å². The van der Waals surface area contributed by atoms with E-state index in [1.54, 1.807) is 6.07 Å². The van der Waals surface area contributed by atoms with Gasteiger partial charge in [0.05, 0.1) is 0 Å². The number of nitrogens with one attached hydrogen (secondary N) is 1. The van der Waals surface area contributed by atoms with E-state index < -0.39 is 10.0 Å². The maximum absolute atomic E-state index is 12.0. The molecule has 3 N–H and O–H groups in total. The van der Waals surface area contributed by atoms with Gasteiger partial charge >= 0.3 is 0 Å². The van der Waals surface area contributed by atoms with Gasteiger partial charge in [-0.05, 0) is 37.4 Å². The Balaban J connectivity index is 1.87. The quantitative estimate of drug-likeness (QED) is 0.802. The molecule has 1 heterocycles. The SMILES string of the molecule is NCCc1ccc(S(=O)(=O)NCCC2CCC2)s1. The van der Waals surface area contributed by atoms with E-state index in [0.29, 0.717) is 17.3 Å². The molecule has 1 fully saturated rings. The van der Waals surface area contributed by atoms with Gasteiger partial charge in [0, 0.05) is 11.4 Å². The fourth-order valence-corrected chi connectivity index (χ4v) is 4.49. The molecule has 0 spiro atoms. The van der Waals surface area contributed by atoms with Crippen LogP contribution in [0.4, 0.5) is 0 Å². The minimum Gasteiger partial charge on any atom is -0.330 e. The van der Waals surface area contributed by atoms with E-state index >= 15 is 0 Å². The van der Waals surface area contributed by atoms with Crippen LogP contribution in [0.15, 0.2) is 16.3 Å². The Morgan fingerprint density at radius 3 is 2.78 bits per heavy atom. The lowest BCUT2D eigenvalue weighted by Crippen LogP contribution is -2.27. The summed E-state index contributed by atoms with van der Waals surface area (Å²) in [5.41, 5.74) is 5.46. The van der Waals surface area contributed by atoms with E-state index in [0.717, 1.165) is 23.6 Å². The number of sulfonamides is 1. The topological polar surface area (TPSA) is 72.2 Å². The van der Waals surface area contributed by atoms with Crippen molar-refractivity contribution >= 4 is 21.4 Å². The number of nitrogens with two attached hydrogens (primary N) is 1. The van der Waals surface area contributed by atoms with Crippen molar-refractivity contribution < 1.29 is 8.42 Å². The van der Waals surface area contributed by atoms with Gasteiger partial charge in [0.15, 0.2) is 0 Å². The highest BCUT2D eigenvalue weighted by Gasteiger charge is 2.20. The van der Waals surface area contributed by atoms with Crippen LogP contribution in [0.3, 0.4) is 0 Å². The zero-order valence-corrected chi connectivity index (χ0v) is 12.0. The van der Waals surface area contributed by atoms with Crippen molar-refractivity contribution in [1.29, 1.82) is 0 Å². The minimum atomic E-state index is -3.31. The largest absolute Gasteiger partial charge is 0.330 e. The third kappa shape index (κ3) is 3.54. The Morgan fingerprint density at radius 2 is 2.17 bits per heavy atom. The fraction of sp³-hybridized carbons (Fsp3) is 0.667. The van der Waals surface area contributed by atoms with Crippen LogP contribution < -0.4 is 10.5 Å². The van der Waals surface area contributed by atoms with E-state index in [2.05, 4.69) is 4.72 Å². The molecule has 0 radical (unpaired) electrons. The maximum Gasteiger partial charge on any atom is 0.250 e. The highest BCUT2D eigenvalue weighted by Crippen LogP contribution is 2.29. The molecule has 102 valence electrons. The lowest BCUT2D eigenvalue weighted by Gasteiger charge is -2.24. The average Bonchev–Trinajstić information content (AvgIpc) is 2.72. The van der Waals surface area contributed by atoms with Crippen molar-refractivity contribution in [3.63, 3.8) is 0 Å². The summed E-state index contributed by atoms with van der Waals surface area (Å²) in [6, 6.07) is 3.51. The first kappa shape index (κ1) is 14.0. The van der Waals surface area contributed by atoms with Gasteiger partial charge < -0.3 is 5.73 Å².